The molecule has 3 heteroatoms. The Balaban J connectivity index is 1.67. The summed E-state index contributed by atoms with van der Waals surface area (Å²) in [6.07, 6.45) is 2.66. The van der Waals surface area contributed by atoms with Gasteiger partial charge in [0.15, 0.2) is 0 Å². The summed E-state index contributed by atoms with van der Waals surface area (Å²) in [6.45, 7) is 7.37. The summed E-state index contributed by atoms with van der Waals surface area (Å²) in [7, 11) is 2.20. The van der Waals surface area contributed by atoms with Gasteiger partial charge >= 0.3 is 0 Å². The van der Waals surface area contributed by atoms with Gasteiger partial charge in [-0.1, -0.05) is 0 Å². The first-order valence-electron chi connectivity index (χ1n) is 5.68. The Morgan fingerprint density at radius 3 is 2.36 bits per heavy atom. The SMILES string of the molecule is CN1CCC(CN2CC(C)(O)C2)CC1. The molecule has 2 heterocycles. The highest BCUT2D eigenvalue weighted by Gasteiger charge is 2.37. The van der Waals surface area contributed by atoms with Gasteiger partial charge in [0.2, 0.25) is 0 Å². The van der Waals surface area contributed by atoms with Crippen LogP contribution in [0, 0.1) is 5.92 Å². The molecule has 0 spiro atoms. The van der Waals surface area contributed by atoms with Crippen LogP contribution in [-0.2, 0) is 0 Å². The molecule has 14 heavy (non-hydrogen) atoms. The third-order valence-electron chi connectivity index (χ3n) is 3.48. The van der Waals surface area contributed by atoms with E-state index in [2.05, 4.69) is 16.8 Å². The lowest BCUT2D eigenvalue weighted by atomic mass is 9.91. The first-order valence-corrected chi connectivity index (χ1v) is 5.68. The lowest BCUT2D eigenvalue weighted by molar-refractivity contribution is -0.0904. The molecule has 2 aliphatic rings. The van der Waals surface area contributed by atoms with Crippen molar-refractivity contribution in [2.24, 2.45) is 5.92 Å². The minimum Gasteiger partial charge on any atom is -0.388 e. The molecule has 0 unspecified atom stereocenters. The quantitative estimate of drug-likeness (QED) is 0.695. The smallest absolute Gasteiger partial charge is 0.0872 e. The predicted octanol–water partition coefficient (Wildman–Crippen LogP) is 0.395. The highest BCUT2D eigenvalue weighted by molar-refractivity contribution is 4.92. The number of hydrogen-bond acceptors (Lipinski definition) is 3. The minimum absolute atomic E-state index is 0.397. The van der Waals surface area contributed by atoms with Gasteiger partial charge in [0.1, 0.15) is 0 Å². The van der Waals surface area contributed by atoms with E-state index in [0.717, 1.165) is 19.0 Å². The molecule has 0 saturated carbocycles. The molecule has 1 N–H and O–H groups in total. The summed E-state index contributed by atoms with van der Waals surface area (Å²) in [5.74, 6) is 0.863. The second-order valence-corrected chi connectivity index (χ2v) is 5.41. The summed E-state index contributed by atoms with van der Waals surface area (Å²) >= 11 is 0. The molecule has 0 radical (unpaired) electrons. The Bertz CT molecular complexity index is 189. The van der Waals surface area contributed by atoms with Gasteiger partial charge < -0.3 is 10.0 Å². The summed E-state index contributed by atoms with van der Waals surface area (Å²) in [6, 6.07) is 0. The zero-order valence-corrected chi connectivity index (χ0v) is 9.37. The molecular weight excluding hydrogens is 176 g/mol. The molecule has 2 rings (SSSR count). The minimum atomic E-state index is -0.397. The van der Waals surface area contributed by atoms with Crippen molar-refractivity contribution < 1.29 is 5.11 Å². The molecule has 2 aliphatic heterocycles. The highest BCUT2D eigenvalue weighted by atomic mass is 16.3. The normalized spacial score (nSPS) is 30.2. The number of nitrogens with zero attached hydrogens (tertiary/aromatic N) is 2. The Labute approximate surface area is 86.7 Å². The molecule has 0 bridgehead atoms. The fraction of sp³-hybridized carbons (Fsp3) is 1.00. The topological polar surface area (TPSA) is 26.7 Å². The van der Waals surface area contributed by atoms with Gasteiger partial charge in [0, 0.05) is 19.6 Å². The zero-order chi connectivity index (χ0) is 10.2. The molecule has 3 nitrogen and oxygen atoms in total. The van der Waals surface area contributed by atoms with Gasteiger partial charge in [-0.15, -0.1) is 0 Å². The molecule has 0 amide bonds. The van der Waals surface area contributed by atoms with Crippen molar-refractivity contribution in [3.8, 4) is 0 Å². The second kappa shape index (κ2) is 3.80. The molecule has 2 fully saturated rings. The Hall–Kier alpha value is -0.120. The van der Waals surface area contributed by atoms with Gasteiger partial charge in [-0.05, 0) is 45.8 Å². The Morgan fingerprint density at radius 2 is 1.86 bits per heavy atom. The molecule has 0 aromatic carbocycles. The van der Waals surface area contributed by atoms with E-state index >= 15 is 0 Å². The summed E-state index contributed by atoms with van der Waals surface area (Å²) < 4.78 is 0. The van der Waals surface area contributed by atoms with Gasteiger partial charge in [-0.2, -0.15) is 0 Å². The van der Waals surface area contributed by atoms with E-state index in [4.69, 9.17) is 0 Å². The Kier molecular flexibility index (Phi) is 2.82. The van der Waals surface area contributed by atoms with Crippen LogP contribution in [0.15, 0.2) is 0 Å². The molecule has 2 saturated heterocycles. The van der Waals surface area contributed by atoms with Crippen molar-refractivity contribution in [1.29, 1.82) is 0 Å². The van der Waals surface area contributed by atoms with E-state index in [0.29, 0.717) is 0 Å². The van der Waals surface area contributed by atoms with Crippen molar-refractivity contribution in [3.63, 3.8) is 0 Å². The standard InChI is InChI=1S/C11H22N2O/c1-11(14)8-13(9-11)7-10-3-5-12(2)6-4-10/h10,14H,3-9H2,1-2H3. The lowest BCUT2D eigenvalue weighted by Gasteiger charge is -2.46. The van der Waals surface area contributed by atoms with E-state index in [1.54, 1.807) is 0 Å². The maximum atomic E-state index is 9.61. The van der Waals surface area contributed by atoms with Crippen LogP contribution in [0.1, 0.15) is 19.8 Å². The maximum Gasteiger partial charge on any atom is 0.0872 e. The molecule has 0 aliphatic carbocycles. The van der Waals surface area contributed by atoms with Crippen LogP contribution < -0.4 is 0 Å². The van der Waals surface area contributed by atoms with Crippen LogP contribution in [-0.4, -0.2) is 60.3 Å². The summed E-state index contributed by atoms with van der Waals surface area (Å²) in [5, 5.41) is 9.61. The van der Waals surface area contributed by atoms with Crippen molar-refractivity contribution >= 4 is 0 Å². The fourth-order valence-corrected chi connectivity index (χ4v) is 2.66. The number of rotatable bonds is 2. The number of piperidine rings is 1. The van der Waals surface area contributed by atoms with Crippen LogP contribution in [0.2, 0.25) is 0 Å². The van der Waals surface area contributed by atoms with Gasteiger partial charge in [-0.3, -0.25) is 4.90 Å². The Morgan fingerprint density at radius 1 is 1.29 bits per heavy atom. The average Bonchev–Trinajstić information content (AvgIpc) is 2.06. The lowest BCUT2D eigenvalue weighted by Crippen LogP contribution is -2.61. The third-order valence-corrected chi connectivity index (χ3v) is 3.48. The van der Waals surface area contributed by atoms with Crippen molar-refractivity contribution in [1.82, 2.24) is 9.80 Å². The van der Waals surface area contributed by atoms with Gasteiger partial charge in [-0.25, -0.2) is 0 Å². The van der Waals surface area contributed by atoms with Crippen LogP contribution in [0.25, 0.3) is 0 Å². The van der Waals surface area contributed by atoms with E-state index in [1.165, 1.54) is 32.5 Å². The van der Waals surface area contributed by atoms with Crippen LogP contribution >= 0.6 is 0 Å². The largest absolute Gasteiger partial charge is 0.388 e. The number of likely N-dealkylation sites (tertiary alicyclic amines) is 2. The van der Waals surface area contributed by atoms with Crippen molar-refractivity contribution in [2.45, 2.75) is 25.4 Å². The average molecular weight is 198 g/mol. The molecule has 0 aromatic rings. The van der Waals surface area contributed by atoms with E-state index in [9.17, 15) is 5.11 Å². The molecule has 0 aromatic heterocycles. The first kappa shape index (κ1) is 10.4. The first-order chi connectivity index (χ1) is 6.55. The second-order valence-electron chi connectivity index (χ2n) is 5.41. The van der Waals surface area contributed by atoms with E-state index in [-0.39, 0.29) is 0 Å². The maximum absolute atomic E-state index is 9.61. The van der Waals surface area contributed by atoms with Crippen molar-refractivity contribution in [3.05, 3.63) is 0 Å². The van der Waals surface area contributed by atoms with Crippen LogP contribution in [0.4, 0.5) is 0 Å². The molecule has 82 valence electrons. The highest BCUT2D eigenvalue weighted by Crippen LogP contribution is 2.24. The number of β-amino-alcohol motifs (C(OH)–C–C–N with tert-alkyl or cyclic N) is 1. The number of hydrogen-bond donors (Lipinski definition) is 1. The predicted molar refractivity (Wildman–Crippen MR) is 57.3 cm³/mol. The third kappa shape index (κ3) is 2.47. The molecular formula is C11H22N2O. The van der Waals surface area contributed by atoms with E-state index in [1.807, 2.05) is 6.92 Å². The van der Waals surface area contributed by atoms with Gasteiger partial charge in [0.25, 0.3) is 0 Å². The van der Waals surface area contributed by atoms with Gasteiger partial charge in [0.05, 0.1) is 5.60 Å². The van der Waals surface area contributed by atoms with Crippen LogP contribution in [0.5, 0.6) is 0 Å². The molecule has 0 atom stereocenters. The zero-order valence-electron chi connectivity index (χ0n) is 9.37. The fourth-order valence-electron chi connectivity index (χ4n) is 2.66. The van der Waals surface area contributed by atoms with E-state index < -0.39 is 5.60 Å². The number of aliphatic hydroxyl groups is 1. The summed E-state index contributed by atoms with van der Waals surface area (Å²) in [5.41, 5.74) is -0.397. The monoisotopic (exact) mass is 198 g/mol. The summed E-state index contributed by atoms with van der Waals surface area (Å²) in [4.78, 5) is 4.79. The van der Waals surface area contributed by atoms with Crippen LogP contribution in [0.3, 0.4) is 0 Å². The van der Waals surface area contributed by atoms with Crippen molar-refractivity contribution in [2.75, 3.05) is 39.8 Å².